The fraction of sp³-hybridized carbons (Fsp3) is 0.222. The van der Waals surface area contributed by atoms with Gasteiger partial charge in [0.15, 0.2) is 0 Å². The summed E-state index contributed by atoms with van der Waals surface area (Å²) in [6.07, 6.45) is 3.75. The van der Waals surface area contributed by atoms with Crippen molar-refractivity contribution in [2.24, 2.45) is 10.2 Å². The molecule has 1 fully saturated rings. The third-order valence-corrected chi connectivity index (χ3v) is 4.00. The average molecular weight is 327 g/mol. The van der Waals surface area contributed by atoms with E-state index in [0.717, 1.165) is 36.9 Å². The first kappa shape index (κ1) is 15.6. The van der Waals surface area contributed by atoms with Crippen LogP contribution in [0.2, 0.25) is 5.02 Å². The SMILES string of the molecule is Clc1cccc(N2CCN(C=CN=Nc3ccccc3)CC2)c1. The molecule has 0 atom stereocenters. The molecule has 118 valence electrons. The lowest BCUT2D eigenvalue weighted by Crippen LogP contribution is -2.44. The van der Waals surface area contributed by atoms with E-state index in [1.807, 2.05) is 54.7 Å². The van der Waals surface area contributed by atoms with Crippen molar-refractivity contribution in [2.45, 2.75) is 0 Å². The second kappa shape index (κ2) is 7.79. The van der Waals surface area contributed by atoms with Crippen molar-refractivity contribution >= 4 is 23.0 Å². The fourth-order valence-corrected chi connectivity index (χ4v) is 2.71. The lowest BCUT2D eigenvalue weighted by atomic mass is 10.2. The van der Waals surface area contributed by atoms with Crippen LogP contribution in [0.1, 0.15) is 0 Å². The van der Waals surface area contributed by atoms with E-state index in [1.54, 1.807) is 6.20 Å². The Kier molecular flexibility index (Phi) is 5.27. The second-order valence-corrected chi connectivity index (χ2v) is 5.79. The first-order valence-electron chi connectivity index (χ1n) is 7.68. The normalized spacial score (nSPS) is 15.7. The van der Waals surface area contributed by atoms with Gasteiger partial charge in [-0.05, 0) is 30.3 Å². The summed E-state index contributed by atoms with van der Waals surface area (Å²) in [5, 5.41) is 9.03. The highest BCUT2D eigenvalue weighted by molar-refractivity contribution is 6.30. The minimum atomic E-state index is 0.783. The van der Waals surface area contributed by atoms with Crippen LogP contribution in [0, 0.1) is 0 Å². The molecule has 0 saturated carbocycles. The molecule has 0 aliphatic carbocycles. The van der Waals surface area contributed by atoms with Crippen LogP contribution in [-0.2, 0) is 0 Å². The van der Waals surface area contributed by atoms with E-state index >= 15 is 0 Å². The molecule has 3 rings (SSSR count). The van der Waals surface area contributed by atoms with E-state index in [0.29, 0.717) is 0 Å². The van der Waals surface area contributed by atoms with Crippen LogP contribution in [-0.4, -0.2) is 31.1 Å². The van der Waals surface area contributed by atoms with E-state index in [-0.39, 0.29) is 0 Å². The molecule has 5 heteroatoms. The molecular formula is C18H19ClN4. The molecule has 1 saturated heterocycles. The number of anilines is 1. The van der Waals surface area contributed by atoms with Gasteiger partial charge in [0.2, 0.25) is 0 Å². The molecule has 2 aromatic rings. The maximum atomic E-state index is 6.06. The summed E-state index contributed by atoms with van der Waals surface area (Å²) in [4.78, 5) is 4.60. The third-order valence-electron chi connectivity index (χ3n) is 3.76. The Morgan fingerprint density at radius 2 is 1.70 bits per heavy atom. The summed E-state index contributed by atoms with van der Waals surface area (Å²) in [5.41, 5.74) is 2.05. The summed E-state index contributed by atoms with van der Waals surface area (Å²) in [5.74, 6) is 0. The Morgan fingerprint density at radius 3 is 2.43 bits per heavy atom. The summed E-state index contributed by atoms with van der Waals surface area (Å²) in [7, 11) is 0. The highest BCUT2D eigenvalue weighted by Gasteiger charge is 2.14. The van der Waals surface area contributed by atoms with Crippen LogP contribution < -0.4 is 4.90 Å². The molecule has 0 radical (unpaired) electrons. The maximum Gasteiger partial charge on any atom is 0.0856 e. The maximum absolute atomic E-state index is 6.06. The lowest BCUT2D eigenvalue weighted by molar-refractivity contribution is 0.348. The molecule has 1 aliphatic heterocycles. The van der Waals surface area contributed by atoms with Gasteiger partial charge in [-0.25, -0.2) is 0 Å². The third kappa shape index (κ3) is 4.57. The van der Waals surface area contributed by atoms with Crippen molar-refractivity contribution in [3.8, 4) is 0 Å². The molecule has 1 heterocycles. The van der Waals surface area contributed by atoms with Crippen LogP contribution in [0.5, 0.6) is 0 Å². The number of benzene rings is 2. The molecule has 0 unspecified atom stereocenters. The molecule has 23 heavy (non-hydrogen) atoms. The number of hydrogen-bond donors (Lipinski definition) is 0. The Morgan fingerprint density at radius 1 is 0.913 bits per heavy atom. The molecule has 0 amide bonds. The van der Waals surface area contributed by atoms with Crippen LogP contribution in [0.4, 0.5) is 11.4 Å². The first-order chi connectivity index (χ1) is 11.3. The quantitative estimate of drug-likeness (QED) is 0.761. The zero-order valence-electron chi connectivity index (χ0n) is 12.8. The van der Waals surface area contributed by atoms with Gasteiger partial charge in [0.05, 0.1) is 11.9 Å². The highest BCUT2D eigenvalue weighted by atomic mass is 35.5. The Labute approximate surface area is 141 Å². The standard InChI is InChI=1S/C18H19ClN4/c19-16-5-4-8-18(15-16)23-13-11-22(12-14-23)10-9-20-21-17-6-2-1-3-7-17/h1-10,15H,11-14H2. The van der Waals surface area contributed by atoms with E-state index in [2.05, 4.69) is 26.1 Å². The fourth-order valence-electron chi connectivity index (χ4n) is 2.52. The van der Waals surface area contributed by atoms with Gasteiger partial charge in [0, 0.05) is 43.1 Å². The van der Waals surface area contributed by atoms with E-state index in [9.17, 15) is 0 Å². The number of azo groups is 1. The Hall–Kier alpha value is -2.33. The van der Waals surface area contributed by atoms with Crippen molar-refractivity contribution in [3.63, 3.8) is 0 Å². The molecule has 2 aromatic carbocycles. The van der Waals surface area contributed by atoms with Gasteiger partial charge in [0.25, 0.3) is 0 Å². The monoisotopic (exact) mass is 326 g/mol. The van der Waals surface area contributed by atoms with Crippen LogP contribution in [0.25, 0.3) is 0 Å². The molecule has 4 nitrogen and oxygen atoms in total. The topological polar surface area (TPSA) is 31.2 Å². The van der Waals surface area contributed by atoms with Gasteiger partial charge >= 0.3 is 0 Å². The smallest absolute Gasteiger partial charge is 0.0856 e. The summed E-state index contributed by atoms with van der Waals surface area (Å²) in [6, 6.07) is 17.7. The number of hydrogen-bond acceptors (Lipinski definition) is 4. The van der Waals surface area contributed by atoms with Gasteiger partial charge in [-0.15, -0.1) is 0 Å². The zero-order valence-corrected chi connectivity index (χ0v) is 13.6. The van der Waals surface area contributed by atoms with Crippen molar-refractivity contribution in [1.82, 2.24) is 4.90 Å². The van der Waals surface area contributed by atoms with E-state index < -0.39 is 0 Å². The van der Waals surface area contributed by atoms with Crippen LogP contribution in [0.15, 0.2) is 77.2 Å². The highest BCUT2D eigenvalue weighted by Crippen LogP contribution is 2.20. The second-order valence-electron chi connectivity index (χ2n) is 5.35. The Balaban J connectivity index is 1.49. The van der Waals surface area contributed by atoms with Gasteiger partial charge in [-0.2, -0.15) is 10.2 Å². The molecule has 0 aromatic heterocycles. The molecule has 1 aliphatic rings. The van der Waals surface area contributed by atoms with Crippen molar-refractivity contribution in [1.29, 1.82) is 0 Å². The van der Waals surface area contributed by atoms with Crippen molar-refractivity contribution in [2.75, 3.05) is 31.1 Å². The minimum Gasteiger partial charge on any atom is -0.373 e. The largest absolute Gasteiger partial charge is 0.373 e. The first-order valence-corrected chi connectivity index (χ1v) is 8.06. The van der Waals surface area contributed by atoms with Gasteiger partial charge in [-0.1, -0.05) is 35.9 Å². The predicted octanol–water partition coefficient (Wildman–Crippen LogP) is 4.72. The lowest BCUT2D eigenvalue weighted by Gasteiger charge is -2.35. The van der Waals surface area contributed by atoms with E-state index in [4.69, 9.17) is 11.6 Å². The average Bonchev–Trinajstić information content (AvgIpc) is 2.60. The zero-order chi connectivity index (χ0) is 15.9. The predicted molar refractivity (Wildman–Crippen MR) is 95.3 cm³/mol. The summed E-state index contributed by atoms with van der Waals surface area (Å²) in [6.45, 7) is 3.87. The van der Waals surface area contributed by atoms with Crippen molar-refractivity contribution < 1.29 is 0 Å². The number of piperazine rings is 1. The van der Waals surface area contributed by atoms with E-state index in [1.165, 1.54) is 5.69 Å². The van der Waals surface area contributed by atoms with Gasteiger partial charge in [0.1, 0.15) is 0 Å². The number of nitrogens with zero attached hydrogens (tertiary/aromatic N) is 4. The molecule has 0 bridgehead atoms. The minimum absolute atomic E-state index is 0.783. The van der Waals surface area contributed by atoms with Gasteiger partial charge in [-0.3, -0.25) is 0 Å². The summed E-state index contributed by atoms with van der Waals surface area (Å²) >= 11 is 6.06. The number of rotatable bonds is 4. The molecule has 0 spiro atoms. The Bertz CT molecular complexity index is 676. The van der Waals surface area contributed by atoms with Crippen molar-refractivity contribution in [3.05, 3.63) is 72.0 Å². The van der Waals surface area contributed by atoms with Crippen LogP contribution in [0.3, 0.4) is 0 Å². The summed E-state index contributed by atoms with van der Waals surface area (Å²) < 4.78 is 0. The van der Waals surface area contributed by atoms with Crippen LogP contribution >= 0.6 is 11.6 Å². The van der Waals surface area contributed by atoms with Gasteiger partial charge < -0.3 is 9.80 Å². The molecular weight excluding hydrogens is 308 g/mol. The molecule has 0 N–H and O–H groups in total. The number of halogens is 1.